The highest BCUT2D eigenvalue weighted by molar-refractivity contribution is 6.31. The number of para-hydroxylation sites is 1. The van der Waals surface area contributed by atoms with E-state index in [-0.39, 0.29) is 25.2 Å². The van der Waals surface area contributed by atoms with E-state index in [4.69, 9.17) is 41.3 Å². The predicted molar refractivity (Wildman–Crippen MR) is 249 cm³/mol. The Morgan fingerprint density at radius 1 is 0.970 bits per heavy atom. The number of aliphatic hydroxyl groups excluding tert-OH is 3. The monoisotopic (exact) mass is 922 g/mol. The first-order valence-corrected chi connectivity index (χ1v) is 22.4. The molecule has 3 fully saturated rings. The third-order valence-electron chi connectivity index (χ3n) is 12.2. The lowest BCUT2D eigenvalue weighted by Crippen LogP contribution is -2.54. The van der Waals surface area contributed by atoms with Crippen LogP contribution in [0.2, 0.25) is 5.02 Å². The minimum Gasteiger partial charge on any atom is -0.488 e. The summed E-state index contributed by atoms with van der Waals surface area (Å²) in [6, 6.07) is 20.9. The average Bonchev–Trinajstić information content (AvgIpc) is 3.98. The summed E-state index contributed by atoms with van der Waals surface area (Å²) in [5.74, 6) is 7.76. The van der Waals surface area contributed by atoms with Gasteiger partial charge in [-0.15, -0.1) is 5.92 Å². The third-order valence-corrected chi connectivity index (χ3v) is 12.6. The average molecular weight is 923 g/mol. The van der Waals surface area contributed by atoms with Crippen LogP contribution in [0.25, 0.3) is 22.1 Å². The molecule has 3 aromatic heterocycles. The fraction of sp³-hybridized carbons (Fsp3) is 0.438. The van der Waals surface area contributed by atoms with Crippen molar-refractivity contribution >= 4 is 39.6 Å². The van der Waals surface area contributed by atoms with Crippen molar-refractivity contribution in [2.24, 2.45) is 12.8 Å². The number of nitrogens with two attached hydrogens (primary N) is 1. The number of halogens is 1. The Morgan fingerprint density at radius 3 is 2.48 bits per heavy atom. The van der Waals surface area contributed by atoms with Gasteiger partial charge >= 0.3 is 5.69 Å². The molecule has 66 heavy (non-hydrogen) atoms. The fourth-order valence-electron chi connectivity index (χ4n) is 8.68. The molecule has 3 aliphatic heterocycles. The number of imidazole rings is 1. The number of aliphatic hydroxyl groups is 3. The van der Waals surface area contributed by atoms with Crippen molar-refractivity contribution < 1.29 is 34.3 Å². The van der Waals surface area contributed by atoms with Crippen molar-refractivity contribution in [2.75, 3.05) is 38.3 Å². The highest BCUT2D eigenvalue weighted by Crippen LogP contribution is 2.35. The molecule has 0 spiro atoms. The number of aryl methyl sites for hydroxylation is 2. The number of hydrogen-bond acceptors (Lipinski definition) is 14. The van der Waals surface area contributed by atoms with E-state index in [0.717, 1.165) is 65.9 Å². The molecule has 0 unspecified atom stereocenters. The first-order chi connectivity index (χ1) is 31.8. The van der Waals surface area contributed by atoms with Crippen LogP contribution in [0, 0.1) is 18.8 Å². The fourth-order valence-corrected chi connectivity index (χ4v) is 8.86. The molecule has 5 N–H and O–H groups in total. The topological polar surface area (TPSA) is 214 Å². The minimum absolute atomic E-state index is 0.0306. The summed E-state index contributed by atoms with van der Waals surface area (Å²) in [7, 11) is 3.00. The number of aromatic nitrogens is 6. The maximum atomic E-state index is 13.7. The van der Waals surface area contributed by atoms with Gasteiger partial charge in [0.25, 0.3) is 5.56 Å². The van der Waals surface area contributed by atoms with Crippen LogP contribution in [0.15, 0.2) is 76.3 Å². The Labute approximate surface area is 386 Å². The molecule has 3 aliphatic rings. The summed E-state index contributed by atoms with van der Waals surface area (Å²) in [5, 5.41) is 32.1. The molecule has 0 amide bonds. The molecule has 0 radical (unpaired) electrons. The van der Waals surface area contributed by atoms with Crippen LogP contribution >= 0.6 is 11.6 Å². The lowest BCUT2D eigenvalue weighted by Gasteiger charge is -2.40. The van der Waals surface area contributed by atoms with E-state index in [1.54, 1.807) is 30.7 Å². The van der Waals surface area contributed by atoms with Gasteiger partial charge in [0.15, 0.2) is 17.5 Å². The van der Waals surface area contributed by atoms with E-state index < -0.39 is 42.0 Å². The quantitative estimate of drug-likeness (QED) is 0.145. The molecule has 0 saturated carbocycles. The smallest absolute Gasteiger partial charge is 0.332 e. The molecule has 3 saturated heterocycles. The number of rotatable bonds is 10. The number of benzene rings is 3. The summed E-state index contributed by atoms with van der Waals surface area (Å²) in [6.07, 6.45) is -2.47. The third kappa shape index (κ3) is 9.87. The van der Waals surface area contributed by atoms with Gasteiger partial charge in [0.2, 0.25) is 5.95 Å². The maximum absolute atomic E-state index is 13.7. The molecule has 3 aromatic carbocycles. The summed E-state index contributed by atoms with van der Waals surface area (Å²) in [5.41, 5.74) is 10.1. The van der Waals surface area contributed by atoms with Gasteiger partial charge < -0.3 is 44.9 Å². The Hall–Kier alpha value is -5.68. The van der Waals surface area contributed by atoms with Crippen LogP contribution in [0.3, 0.4) is 0 Å². The van der Waals surface area contributed by atoms with Gasteiger partial charge in [-0.3, -0.25) is 18.5 Å². The Morgan fingerprint density at radius 2 is 1.76 bits per heavy atom. The second-order valence-corrected chi connectivity index (χ2v) is 17.2. The Bertz CT molecular complexity index is 2870. The van der Waals surface area contributed by atoms with Gasteiger partial charge in [0.1, 0.15) is 42.1 Å². The highest BCUT2D eigenvalue weighted by atomic mass is 35.5. The van der Waals surface area contributed by atoms with E-state index in [0.29, 0.717) is 53.1 Å². The number of nitrogens with zero attached hydrogens (tertiary/aromatic N) is 7. The summed E-state index contributed by atoms with van der Waals surface area (Å²) in [6.45, 7) is 6.66. The molecule has 348 valence electrons. The zero-order chi connectivity index (χ0) is 46.6. The van der Waals surface area contributed by atoms with E-state index in [2.05, 4.69) is 26.7 Å². The van der Waals surface area contributed by atoms with Crippen molar-refractivity contribution in [3.8, 4) is 17.6 Å². The molecule has 9 rings (SSSR count). The van der Waals surface area contributed by atoms with Gasteiger partial charge in [-0.05, 0) is 74.1 Å². The van der Waals surface area contributed by atoms with Crippen molar-refractivity contribution in [3.63, 3.8) is 0 Å². The maximum Gasteiger partial charge on any atom is 0.332 e. The highest BCUT2D eigenvalue weighted by Gasteiger charge is 2.44. The van der Waals surface area contributed by atoms with Gasteiger partial charge in [0, 0.05) is 55.8 Å². The second-order valence-electron chi connectivity index (χ2n) is 16.8. The molecular weight excluding hydrogens is 868 g/mol. The zero-order valence-corrected chi connectivity index (χ0v) is 38.1. The molecule has 6 heterocycles. The van der Waals surface area contributed by atoms with Crippen LogP contribution in [0.5, 0.6) is 5.75 Å². The number of hydrogen-bond donors (Lipinski definition) is 4. The van der Waals surface area contributed by atoms with E-state index in [1.807, 2.05) is 61.5 Å². The molecule has 6 aromatic rings. The molecule has 0 aliphatic carbocycles. The van der Waals surface area contributed by atoms with Gasteiger partial charge in [-0.1, -0.05) is 60.0 Å². The SMILES string of the molecule is CC#CCn1c(N2CCC[C@@H](N)C2)nc2c1c(=O)n(Cc1nc(C)c3ccccc3n1)c(=O)n2C.CO[C@H]1O[C@@H](c2ccc(Cl)c(Cc3ccc(O[C@H]4CCOC4)cc3)c2)[C@H](O)[C@@H](O)[C@@H]1O. The Balaban J connectivity index is 0.000000181. The first kappa shape index (κ1) is 46.8. The van der Waals surface area contributed by atoms with Crippen LogP contribution in [0.1, 0.15) is 60.5 Å². The number of piperidine rings is 1. The van der Waals surface area contributed by atoms with Crippen LogP contribution in [-0.4, -0.2) is 114 Å². The summed E-state index contributed by atoms with van der Waals surface area (Å²) < 4.78 is 26.4. The molecule has 7 atom stereocenters. The van der Waals surface area contributed by atoms with Gasteiger partial charge in [-0.25, -0.2) is 14.8 Å². The lowest BCUT2D eigenvalue weighted by molar-refractivity contribution is -0.292. The van der Waals surface area contributed by atoms with Crippen molar-refractivity contribution in [1.29, 1.82) is 0 Å². The van der Waals surface area contributed by atoms with Crippen molar-refractivity contribution in [1.82, 2.24) is 28.7 Å². The largest absolute Gasteiger partial charge is 0.488 e. The number of ether oxygens (including phenoxy) is 4. The predicted octanol–water partition coefficient (Wildman–Crippen LogP) is 3.37. The molecule has 18 heteroatoms. The van der Waals surface area contributed by atoms with Crippen LogP contribution < -0.4 is 26.6 Å². The van der Waals surface area contributed by atoms with Crippen LogP contribution in [0.4, 0.5) is 5.95 Å². The van der Waals surface area contributed by atoms with Gasteiger partial charge in [0.05, 0.1) is 31.8 Å². The normalized spacial score (nSPS) is 23.0. The van der Waals surface area contributed by atoms with E-state index >= 15 is 0 Å². The Kier molecular flexibility index (Phi) is 14.5. The summed E-state index contributed by atoms with van der Waals surface area (Å²) >= 11 is 6.42. The van der Waals surface area contributed by atoms with E-state index in [1.165, 1.54) is 16.2 Å². The molecular formula is C48H55ClN8O9. The van der Waals surface area contributed by atoms with Crippen molar-refractivity contribution in [2.45, 2.75) is 95.5 Å². The molecule has 17 nitrogen and oxygen atoms in total. The lowest BCUT2D eigenvalue weighted by atomic mass is 9.92. The number of anilines is 1. The first-order valence-electron chi connectivity index (χ1n) is 22.0. The minimum atomic E-state index is -1.39. The van der Waals surface area contributed by atoms with E-state index in [9.17, 15) is 24.9 Å². The van der Waals surface area contributed by atoms with Gasteiger partial charge in [-0.2, -0.15) is 4.98 Å². The summed E-state index contributed by atoms with van der Waals surface area (Å²) in [4.78, 5) is 43.0. The molecule has 0 bridgehead atoms. The second kappa shape index (κ2) is 20.5. The number of methoxy groups -OCH3 is 1. The zero-order valence-electron chi connectivity index (χ0n) is 37.3. The standard InChI is InChI=1S/C25H28N8O2.C23H27ClO7/c1-4-5-13-32-21-22(29-24(32)31-12-8-9-17(26)14-31)30(3)25(35)33(23(21)34)15-20-27-16(2)18-10-6-7-11-19(18)28-20;1-28-23-21(27)19(25)20(26)22(31-23)14-4-7-18(24)15(11-14)10-13-2-5-16(6-3-13)30-17-8-9-29-12-17/h6-7,10-11,17H,8-9,12-15,26H2,1-3H3;2-7,11,17,19-23,25-27H,8-10,12H2,1H3/t17-;17-,19+,20+,21-,22-,23-/m10/s1. The number of fused-ring (bicyclic) bond motifs is 2. The van der Waals surface area contributed by atoms with Crippen molar-refractivity contribution in [3.05, 3.63) is 121 Å². The van der Waals surface area contributed by atoms with Crippen LogP contribution in [-0.2, 0) is 40.8 Å².